The van der Waals surface area contributed by atoms with Crippen molar-refractivity contribution < 1.29 is 13.2 Å². The summed E-state index contributed by atoms with van der Waals surface area (Å²) in [5.41, 5.74) is 7.34. The zero-order valence-corrected chi connectivity index (χ0v) is 10.8. The summed E-state index contributed by atoms with van der Waals surface area (Å²) < 4.78 is 30.2. The zero-order valence-electron chi connectivity index (χ0n) is 9.13. The molecule has 0 aromatic carbocycles. The highest BCUT2D eigenvalue weighted by Gasteiger charge is 2.30. The Morgan fingerprint density at radius 3 is 2.38 bits per heavy atom. The topological polar surface area (TPSA) is 96.7 Å². The Morgan fingerprint density at radius 2 is 1.94 bits per heavy atom. The first kappa shape index (κ1) is 13.6. The molecular weight excluding hydrogens is 252 g/mol. The second-order valence-electron chi connectivity index (χ2n) is 3.67. The van der Waals surface area contributed by atoms with Crippen LogP contribution in [0.3, 0.4) is 0 Å². The molecule has 0 saturated carbocycles. The quantitative estimate of drug-likeness (QED) is 0.434. The molecule has 0 aliphatic carbocycles. The fourth-order valence-corrected chi connectivity index (χ4v) is 2.80. The lowest BCUT2D eigenvalue weighted by molar-refractivity contribution is -0.0444. The van der Waals surface area contributed by atoms with Gasteiger partial charge in [-0.1, -0.05) is 0 Å². The van der Waals surface area contributed by atoms with Gasteiger partial charge in [-0.3, -0.25) is 5.43 Å². The van der Waals surface area contributed by atoms with Crippen LogP contribution in [0.4, 0.5) is 0 Å². The van der Waals surface area contributed by atoms with Gasteiger partial charge in [-0.2, -0.15) is 12.7 Å². The van der Waals surface area contributed by atoms with E-state index >= 15 is 0 Å². The van der Waals surface area contributed by atoms with Gasteiger partial charge in [-0.25, -0.2) is 0 Å². The predicted octanol–water partition coefficient (Wildman–Crippen LogP) is -1.32. The van der Waals surface area contributed by atoms with Gasteiger partial charge in [-0.15, -0.1) is 4.83 Å². The molecule has 9 heteroatoms. The van der Waals surface area contributed by atoms with Gasteiger partial charge in [0, 0.05) is 13.1 Å². The second-order valence-corrected chi connectivity index (χ2v) is 5.78. The van der Waals surface area contributed by atoms with Crippen molar-refractivity contribution in [1.82, 2.24) is 14.6 Å². The number of nitrogens with zero attached hydrogens (tertiary/aromatic N) is 1. The molecule has 7 nitrogen and oxygen atoms in total. The van der Waals surface area contributed by atoms with Crippen molar-refractivity contribution in [2.24, 2.45) is 5.73 Å². The van der Waals surface area contributed by atoms with E-state index < -0.39 is 10.2 Å². The highest BCUT2D eigenvalue weighted by Crippen LogP contribution is 2.12. The number of ether oxygens (including phenoxy) is 1. The van der Waals surface area contributed by atoms with Crippen molar-refractivity contribution in [2.45, 2.75) is 26.1 Å². The van der Waals surface area contributed by atoms with E-state index in [1.807, 2.05) is 13.8 Å². The minimum atomic E-state index is -3.62. The normalized spacial score (nSPS) is 27.6. The van der Waals surface area contributed by atoms with E-state index in [1.165, 1.54) is 4.31 Å². The lowest BCUT2D eigenvalue weighted by Gasteiger charge is -2.34. The SMILES string of the molecule is CC1CN(S(=O)(=O)NNC(N)=S)CC(C)O1. The van der Waals surface area contributed by atoms with Crippen molar-refractivity contribution >= 4 is 27.5 Å². The molecule has 2 unspecified atom stereocenters. The highest BCUT2D eigenvalue weighted by atomic mass is 32.2. The monoisotopic (exact) mass is 268 g/mol. The summed E-state index contributed by atoms with van der Waals surface area (Å²) in [6.07, 6.45) is -0.268. The molecule has 1 rings (SSSR count). The van der Waals surface area contributed by atoms with Gasteiger partial charge in [-0.05, 0) is 26.1 Å². The minimum Gasteiger partial charge on any atom is -0.375 e. The first-order chi connectivity index (χ1) is 7.31. The first-order valence-electron chi connectivity index (χ1n) is 4.79. The number of rotatable bonds is 3. The lowest BCUT2D eigenvalue weighted by atomic mass is 10.3. The average molecular weight is 268 g/mol. The Labute approximate surface area is 100 Å². The predicted molar refractivity (Wildman–Crippen MR) is 63.6 cm³/mol. The number of thiocarbonyl (C=S) groups is 1. The Morgan fingerprint density at radius 1 is 1.44 bits per heavy atom. The van der Waals surface area contributed by atoms with E-state index in [-0.39, 0.29) is 17.3 Å². The molecule has 0 aromatic heterocycles. The van der Waals surface area contributed by atoms with Gasteiger partial charge >= 0.3 is 0 Å². The maximum absolute atomic E-state index is 11.8. The highest BCUT2D eigenvalue weighted by molar-refractivity contribution is 7.87. The van der Waals surface area contributed by atoms with Crippen LogP contribution in [0.2, 0.25) is 0 Å². The van der Waals surface area contributed by atoms with Crippen LogP contribution in [-0.2, 0) is 14.9 Å². The Balaban J connectivity index is 2.64. The maximum Gasteiger partial charge on any atom is 0.296 e. The molecule has 0 aromatic rings. The van der Waals surface area contributed by atoms with Crippen molar-refractivity contribution in [3.05, 3.63) is 0 Å². The summed E-state index contributed by atoms with van der Waals surface area (Å²) in [5, 5.41) is -0.127. The number of morpholine rings is 1. The van der Waals surface area contributed by atoms with Crippen LogP contribution >= 0.6 is 12.2 Å². The van der Waals surface area contributed by atoms with Gasteiger partial charge in [0.05, 0.1) is 12.2 Å². The van der Waals surface area contributed by atoms with Crippen molar-refractivity contribution in [3.63, 3.8) is 0 Å². The molecule has 4 N–H and O–H groups in total. The van der Waals surface area contributed by atoms with Crippen LogP contribution < -0.4 is 16.0 Å². The molecule has 1 fully saturated rings. The molecule has 2 atom stereocenters. The van der Waals surface area contributed by atoms with Crippen molar-refractivity contribution in [1.29, 1.82) is 0 Å². The molecule has 16 heavy (non-hydrogen) atoms. The van der Waals surface area contributed by atoms with Crippen LogP contribution in [0.25, 0.3) is 0 Å². The third-order valence-corrected chi connectivity index (χ3v) is 3.47. The smallest absolute Gasteiger partial charge is 0.296 e. The van der Waals surface area contributed by atoms with Crippen LogP contribution in [-0.4, -0.2) is 43.1 Å². The molecule has 0 amide bonds. The first-order valence-corrected chi connectivity index (χ1v) is 6.64. The Bertz CT molecular complexity index is 349. The average Bonchev–Trinajstić information content (AvgIpc) is 2.13. The molecule has 1 aliphatic rings. The molecule has 1 heterocycles. The van der Waals surface area contributed by atoms with E-state index in [0.717, 1.165) is 0 Å². The summed E-state index contributed by atoms with van der Waals surface area (Å²) in [7, 11) is -3.62. The van der Waals surface area contributed by atoms with E-state index in [1.54, 1.807) is 0 Å². The van der Waals surface area contributed by atoms with Gasteiger partial charge in [0.1, 0.15) is 0 Å². The third-order valence-electron chi connectivity index (χ3n) is 2.03. The van der Waals surface area contributed by atoms with E-state index in [0.29, 0.717) is 13.1 Å². The van der Waals surface area contributed by atoms with Crippen LogP contribution in [0, 0.1) is 0 Å². The van der Waals surface area contributed by atoms with Crippen LogP contribution in [0.15, 0.2) is 0 Å². The number of hydrazine groups is 1. The van der Waals surface area contributed by atoms with Crippen molar-refractivity contribution in [2.75, 3.05) is 13.1 Å². The number of hydrogen-bond acceptors (Lipinski definition) is 4. The molecule has 1 aliphatic heterocycles. The summed E-state index contributed by atoms with van der Waals surface area (Å²) >= 11 is 4.51. The zero-order chi connectivity index (χ0) is 12.3. The molecule has 94 valence electrons. The number of nitrogens with one attached hydrogen (secondary N) is 2. The van der Waals surface area contributed by atoms with E-state index in [4.69, 9.17) is 10.5 Å². The van der Waals surface area contributed by atoms with Crippen molar-refractivity contribution in [3.8, 4) is 0 Å². The van der Waals surface area contributed by atoms with Gasteiger partial charge in [0.15, 0.2) is 5.11 Å². The standard InChI is InChI=1S/C7H16N4O3S2/c1-5-3-11(4-6(2)14-5)16(12,13)10-9-7(8)15/h5-6,10H,3-4H2,1-2H3,(H3,8,9,15). The minimum absolute atomic E-state index is 0.127. The summed E-state index contributed by atoms with van der Waals surface area (Å²) in [4.78, 5) is 2.10. The maximum atomic E-state index is 11.8. The van der Waals surface area contributed by atoms with Gasteiger partial charge in [0.25, 0.3) is 10.2 Å². The molecule has 0 radical (unpaired) electrons. The van der Waals surface area contributed by atoms with Gasteiger partial charge in [0.2, 0.25) is 0 Å². The lowest BCUT2D eigenvalue weighted by Crippen LogP contribution is -2.56. The molecule has 0 spiro atoms. The number of nitrogens with two attached hydrogens (primary N) is 1. The van der Waals surface area contributed by atoms with Crippen LogP contribution in [0.1, 0.15) is 13.8 Å². The largest absolute Gasteiger partial charge is 0.375 e. The fraction of sp³-hybridized carbons (Fsp3) is 0.857. The Kier molecular flexibility index (Phi) is 4.44. The Hall–Kier alpha value is -0.480. The summed E-state index contributed by atoms with van der Waals surface area (Å²) in [6.45, 7) is 4.25. The van der Waals surface area contributed by atoms with E-state index in [2.05, 4.69) is 22.5 Å². The second kappa shape index (κ2) is 5.23. The summed E-state index contributed by atoms with van der Waals surface area (Å²) in [5.74, 6) is 0. The molecule has 0 bridgehead atoms. The number of hydrogen-bond donors (Lipinski definition) is 3. The molecule has 1 saturated heterocycles. The van der Waals surface area contributed by atoms with Gasteiger partial charge < -0.3 is 10.5 Å². The third kappa shape index (κ3) is 3.83. The van der Waals surface area contributed by atoms with E-state index in [9.17, 15) is 8.42 Å². The molecular formula is C7H16N4O3S2. The fourth-order valence-electron chi connectivity index (χ4n) is 1.51. The summed E-state index contributed by atoms with van der Waals surface area (Å²) in [6, 6.07) is 0. The van der Waals surface area contributed by atoms with Crippen LogP contribution in [0.5, 0.6) is 0 Å².